The zero-order valence-corrected chi connectivity index (χ0v) is 13.6. The summed E-state index contributed by atoms with van der Waals surface area (Å²) in [5.74, 6) is 0.847. The lowest BCUT2D eigenvalue weighted by atomic mass is 10.1. The lowest BCUT2D eigenvalue weighted by molar-refractivity contribution is -0.121. The van der Waals surface area contributed by atoms with E-state index in [9.17, 15) is 4.79 Å². The molecule has 0 aromatic rings. The summed E-state index contributed by atoms with van der Waals surface area (Å²) in [6.07, 6.45) is 1.75. The van der Waals surface area contributed by atoms with Crippen LogP contribution in [0.15, 0.2) is 0 Å². The number of nitrogens with one attached hydrogen (secondary N) is 2. The van der Waals surface area contributed by atoms with E-state index in [1.54, 1.807) is 0 Å². The number of carbonyl (C=O) groups excluding carboxylic acids is 1. The molecule has 0 radical (unpaired) electrons. The van der Waals surface area contributed by atoms with E-state index in [2.05, 4.69) is 43.2 Å². The summed E-state index contributed by atoms with van der Waals surface area (Å²) < 4.78 is 0. The second-order valence-electron chi connectivity index (χ2n) is 6.29. The standard InChI is InChI=1S/C15H33N3O/c1-12(2)7-9-18(11-16-13(3)4)10-8-15(19)17-14(5)6/h12-14,16H,7-11H2,1-6H3,(H,17,19). The van der Waals surface area contributed by atoms with Gasteiger partial charge < -0.3 is 10.6 Å². The van der Waals surface area contributed by atoms with Crippen LogP contribution in [0, 0.1) is 5.92 Å². The lowest BCUT2D eigenvalue weighted by Crippen LogP contribution is -2.41. The highest BCUT2D eigenvalue weighted by Gasteiger charge is 2.10. The van der Waals surface area contributed by atoms with Crippen LogP contribution >= 0.6 is 0 Å². The molecule has 0 rings (SSSR count). The Morgan fingerprint density at radius 1 is 1.00 bits per heavy atom. The van der Waals surface area contributed by atoms with E-state index in [4.69, 9.17) is 0 Å². The third kappa shape index (κ3) is 12.2. The van der Waals surface area contributed by atoms with Gasteiger partial charge in [0.15, 0.2) is 0 Å². The normalized spacial score (nSPS) is 11.9. The van der Waals surface area contributed by atoms with Gasteiger partial charge in [-0.15, -0.1) is 0 Å². The van der Waals surface area contributed by atoms with Crippen molar-refractivity contribution in [3.63, 3.8) is 0 Å². The second kappa shape index (κ2) is 10.2. The van der Waals surface area contributed by atoms with Gasteiger partial charge in [-0.3, -0.25) is 9.69 Å². The lowest BCUT2D eigenvalue weighted by Gasteiger charge is -2.24. The smallest absolute Gasteiger partial charge is 0.221 e. The van der Waals surface area contributed by atoms with Crippen LogP contribution in [0.3, 0.4) is 0 Å². The molecule has 0 bridgehead atoms. The van der Waals surface area contributed by atoms with Crippen molar-refractivity contribution in [2.24, 2.45) is 5.92 Å². The molecule has 0 aliphatic heterocycles. The van der Waals surface area contributed by atoms with E-state index < -0.39 is 0 Å². The van der Waals surface area contributed by atoms with Crippen molar-refractivity contribution >= 4 is 5.91 Å². The average molecular weight is 271 g/mol. The van der Waals surface area contributed by atoms with Crippen molar-refractivity contribution in [1.82, 2.24) is 15.5 Å². The molecule has 0 fully saturated rings. The first-order valence-corrected chi connectivity index (χ1v) is 7.56. The molecule has 19 heavy (non-hydrogen) atoms. The fourth-order valence-electron chi connectivity index (χ4n) is 1.68. The predicted octanol–water partition coefficient (Wildman–Crippen LogP) is 2.20. The van der Waals surface area contributed by atoms with Gasteiger partial charge in [-0.05, 0) is 46.6 Å². The Hall–Kier alpha value is -0.610. The quantitative estimate of drug-likeness (QED) is 0.599. The molecule has 0 heterocycles. The first-order chi connectivity index (χ1) is 8.81. The monoisotopic (exact) mass is 271 g/mol. The predicted molar refractivity (Wildman–Crippen MR) is 82.1 cm³/mol. The van der Waals surface area contributed by atoms with Crippen LogP contribution in [0.5, 0.6) is 0 Å². The summed E-state index contributed by atoms with van der Waals surface area (Å²) in [6, 6.07) is 0.705. The van der Waals surface area contributed by atoms with Crippen LogP contribution in [0.2, 0.25) is 0 Å². The highest BCUT2D eigenvalue weighted by atomic mass is 16.1. The maximum Gasteiger partial charge on any atom is 0.221 e. The molecule has 0 unspecified atom stereocenters. The van der Waals surface area contributed by atoms with Crippen LogP contribution in [-0.4, -0.2) is 42.6 Å². The van der Waals surface area contributed by atoms with Crippen LogP contribution < -0.4 is 10.6 Å². The SMILES string of the molecule is CC(C)CCN(CCC(=O)NC(C)C)CNC(C)C. The van der Waals surface area contributed by atoms with Crippen molar-refractivity contribution in [3.05, 3.63) is 0 Å². The summed E-state index contributed by atoms with van der Waals surface area (Å²) in [4.78, 5) is 14.0. The van der Waals surface area contributed by atoms with Crippen molar-refractivity contribution in [2.75, 3.05) is 19.8 Å². The molecule has 0 saturated carbocycles. The molecule has 2 N–H and O–H groups in total. The van der Waals surface area contributed by atoms with E-state index in [0.29, 0.717) is 18.4 Å². The second-order valence-corrected chi connectivity index (χ2v) is 6.29. The highest BCUT2D eigenvalue weighted by Crippen LogP contribution is 2.02. The van der Waals surface area contributed by atoms with E-state index in [1.807, 2.05) is 13.8 Å². The first kappa shape index (κ1) is 18.4. The van der Waals surface area contributed by atoms with Crippen LogP contribution in [0.25, 0.3) is 0 Å². The molecule has 4 heteroatoms. The number of rotatable bonds is 10. The highest BCUT2D eigenvalue weighted by molar-refractivity contribution is 5.76. The Balaban J connectivity index is 4.05. The minimum absolute atomic E-state index is 0.147. The number of carbonyl (C=O) groups is 1. The Morgan fingerprint density at radius 3 is 2.11 bits per heavy atom. The zero-order chi connectivity index (χ0) is 14.8. The minimum Gasteiger partial charge on any atom is -0.354 e. The van der Waals surface area contributed by atoms with Gasteiger partial charge in [0.2, 0.25) is 5.91 Å². The summed E-state index contributed by atoms with van der Waals surface area (Å²) in [7, 11) is 0. The van der Waals surface area contributed by atoms with Crippen molar-refractivity contribution in [1.29, 1.82) is 0 Å². The summed E-state index contributed by atoms with van der Waals surface area (Å²) in [5.41, 5.74) is 0. The molecule has 0 atom stereocenters. The molecule has 4 nitrogen and oxygen atoms in total. The van der Waals surface area contributed by atoms with Gasteiger partial charge in [0.1, 0.15) is 0 Å². The maximum atomic E-state index is 11.7. The minimum atomic E-state index is 0.147. The Labute approximate surface area is 119 Å². The topological polar surface area (TPSA) is 44.4 Å². The molecule has 0 aromatic carbocycles. The van der Waals surface area contributed by atoms with E-state index in [-0.39, 0.29) is 11.9 Å². The Morgan fingerprint density at radius 2 is 1.63 bits per heavy atom. The number of nitrogens with zero attached hydrogens (tertiary/aromatic N) is 1. The third-order valence-electron chi connectivity index (χ3n) is 2.85. The molecule has 1 amide bonds. The molecule has 0 aromatic heterocycles. The molecule has 114 valence electrons. The Bertz CT molecular complexity index is 228. The fourth-order valence-corrected chi connectivity index (χ4v) is 1.68. The molecule has 0 spiro atoms. The largest absolute Gasteiger partial charge is 0.354 e. The van der Waals surface area contributed by atoms with Crippen LogP contribution in [0.4, 0.5) is 0 Å². The fraction of sp³-hybridized carbons (Fsp3) is 0.933. The average Bonchev–Trinajstić information content (AvgIpc) is 2.26. The summed E-state index contributed by atoms with van der Waals surface area (Å²) in [5, 5.41) is 6.37. The van der Waals surface area contributed by atoms with Crippen LogP contribution in [0.1, 0.15) is 54.4 Å². The van der Waals surface area contributed by atoms with Gasteiger partial charge in [-0.1, -0.05) is 13.8 Å². The molecular weight excluding hydrogens is 238 g/mol. The maximum absolute atomic E-state index is 11.7. The van der Waals surface area contributed by atoms with E-state index >= 15 is 0 Å². The van der Waals surface area contributed by atoms with Gasteiger partial charge in [-0.2, -0.15) is 0 Å². The number of hydrogen-bond acceptors (Lipinski definition) is 3. The Kier molecular flexibility index (Phi) is 9.88. The van der Waals surface area contributed by atoms with Gasteiger partial charge in [0.25, 0.3) is 0 Å². The third-order valence-corrected chi connectivity index (χ3v) is 2.85. The molecule has 0 aliphatic rings. The van der Waals surface area contributed by atoms with Gasteiger partial charge >= 0.3 is 0 Å². The number of amides is 1. The number of hydrogen-bond donors (Lipinski definition) is 2. The van der Waals surface area contributed by atoms with Crippen molar-refractivity contribution in [3.8, 4) is 0 Å². The van der Waals surface area contributed by atoms with E-state index in [1.165, 1.54) is 6.42 Å². The van der Waals surface area contributed by atoms with Gasteiger partial charge in [0.05, 0.1) is 0 Å². The summed E-state index contributed by atoms with van der Waals surface area (Å²) in [6.45, 7) is 15.5. The molecule has 0 saturated heterocycles. The van der Waals surface area contributed by atoms with Crippen molar-refractivity contribution < 1.29 is 4.79 Å². The molecule has 0 aliphatic carbocycles. The summed E-state index contributed by atoms with van der Waals surface area (Å²) >= 11 is 0. The van der Waals surface area contributed by atoms with Gasteiger partial charge in [0, 0.05) is 31.7 Å². The van der Waals surface area contributed by atoms with Crippen LogP contribution in [-0.2, 0) is 4.79 Å². The van der Waals surface area contributed by atoms with Gasteiger partial charge in [-0.25, -0.2) is 0 Å². The van der Waals surface area contributed by atoms with Crippen molar-refractivity contribution in [2.45, 2.75) is 66.5 Å². The zero-order valence-electron chi connectivity index (χ0n) is 13.6. The molecular formula is C15H33N3O. The first-order valence-electron chi connectivity index (χ1n) is 7.56. The van der Waals surface area contributed by atoms with E-state index in [0.717, 1.165) is 19.8 Å².